The summed E-state index contributed by atoms with van der Waals surface area (Å²) >= 11 is 7.30. The van der Waals surface area contributed by atoms with Crippen LogP contribution in [-0.4, -0.2) is 21.2 Å². The molecule has 7 heteroatoms. The SMILES string of the molecule is C=CCn1c(SCC(=O)Nc2cccc(Cl)c2C)nc2ccccc2c1=O. The molecule has 1 aromatic heterocycles. The Bertz CT molecular complexity index is 1080. The summed E-state index contributed by atoms with van der Waals surface area (Å²) in [7, 11) is 0. The highest BCUT2D eigenvalue weighted by atomic mass is 35.5. The molecule has 5 nitrogen and oxygen atoms in total. The summed E-state index contributed by atoms with van der Waals surface area (Å²) in [4.78, 5) is 29.6. The summed E-state index contributed by atoms with van der Waals surface area (Å²) < 4.78 is 1.53. The van der Waals surface area contributed by atoms with E-state index in [4.69, 9.17) is 11.6 Å². The Balaban J connectivity index is 1.82. The van der Waals surface area contributed by atoms with Crippen molar-refractivity contribution in [2.75, 3.05) is 11.1 Å². The number of carbonyl (C=O) groups is 1. The molecule has 1 amide bonds. The van der Waals surface area contributed by atoms with Crippen molar-refractivity contribution in [3.05, 3.63) is 76.1 Å². The molecule has 138 valence electrons. The van der Waals surface area contributed by atoms with E-state index in [-0.39, 0.29) is 17.2 Å². The predicted molar refractivity (Wildman–Crippen MR) is 112 cm³/mol. The molecule has 0 aliphatic rings. The number of nitrogens with zero attached hydrogens (tertiary/aromatic N) is 2. The van der Waals surface area contributed by atoms with Gasteiger partial charge in [0.25, 0.3) is 5.56 Å². The summed E-state index contributed by atoms with van der Waals surface area (Å²) in [5.41, 5.74) is 1.94. The first-order valence-electron chi connectivity index (χ1n) is 8.29. The fourth-order valence-corrected chi connectivity index (χ4v) is 3.59. The number of para-hydroxylation sites is 1. The van der Waals surface area contributed by atoms with Crippen LogP contribution in [0.25, 0.3) is 10.9 Å². The molecular weight excluding hydrogens is 382 g/mol. The van der Waals surface area contributed by atoms with Crippen LogP contribution in [-0.2, 0) is 11.3 Å². The van der Waals surface area contributed by atoms with Crippen molar-refractivity contribution >= 4 is 45.9 Å². The minimum atomic E-state index is -0.196. The second kappa shape index (κ2) is 8.41. The zero-order chi connectivity index (χ0) is 19.4. The van der Waals surface area contributed by atoms with Gasteiger partial charge in [-0.2, -0.15) is 0 Å². The third-order valence-electron chi connectivity index (χ3n) is 4.01. The number of hydrogen-bond donors (Lipinski definition) is 1. The first kappa shape index (κ1) is 19.2. The highest BCUT2D eigenvalue weighted by Crippen LogP contribution is 2.24. The van der Waals surface area contributed by atoms with Gasteiger partial charge >= 0.3 is 0 Å². The molecule has 0 aliphatic carbocycles. The molecular formula is C20H18ClN3O2S. The van der Waals surface area contributed by atoms with Gasteiger partial charge in [0.05, 0.1) is 16.7 Å². The molecule has 0 bridgehead atoms. The number of nitrogens with one attached hydrogen (secondary N) is 1. The number of thioether (sulfide) groups is 1. The number of amides is 1. The van der Waals surface area contributed by atoms with E-state index >= 15 is 0 Å². The molecule has 0 unspecified atom stereocenters. The van der Waals surface area contributed by atoms with Gasteiger partial charge in [0.1, 0.15) is 0 Å². The van der Waals surface area contributed by atoms with Crippen molar-refractivity contribution in [1.29, 1.82) is 0 Å². The summed E-state index contributed by atoms with van der Waals surface area (Å²) in [6, 6.07) is 12.5. The van der Waals surface area contributed by atoms with Crippen molar-refractivity contribution < 1.29 is 4.79 Å². The zero-order valence-electron chi connectivity index (χ0n) is 14.7. The van der Waals surface area contributed by atoms with Crippen LogP contribution in [0.2, 0.25) is 5.02 Å². The van der Waals surface area contributed by atoms with Crippen LogP contribution in [0.15, 0.2) is 65.1 Å². The first-order chi connectivity index (χ1) is 13.0. The monoisotopic (exact) mass is 399 g/mol. The quantitative estimate of drug-likeness (QED) is 0.382. The lowest BCUT2D eigenvalue weighted by molar-refractivity contribution is -0.113. The number of fused-ring (bicyclic) bond motifs is 1. The van der Waals surface area contributed by atoms with Crippen molar-refractivity contribution in [3.63, 3.8) is 0 Å². The number of aromatic nitrogens is 2. The van der Waals surface area contributed by atoms with Crippen LogP contribution < -0.4 is 10.9 Å². The van der Waals surface area contributed by atoms with Gasteiger partial charge in [-0.05, 0) is 36.8 Å². The van der Waals surface area contributed by atoms with Crippen molar-refractivity contribution in [3.8, 4) is 0 Å². The molecule has 0 spiro atoms. The van der Waals surface area contributed by atoms with E-state index < -0.39 is 0 Å². The van der Waals surface area contributed by atoms with E-state index in [0.29, 0.717) is 33.3 Å². The standard InChI is InChI=1S/C20H18ClN3O2S/c1-3-11-24-19(26)14-7-4-5-9-17(14)23-20(24)27-12-18(25)22-16-10-6-8-15(21)13(16)2/h3-10H,1,11-12H2,2H3,(H,22,25). The lowest BCUT2D eigenvalue weighted by atomic mass is 10.2. The Kier molecular flexibility index (Phi) is 5.98. The largest absolute Gasteiger partial charge is 0.325 e. The number of hydrogen-bond acceptors (Lipinski definition) is 4. The van der Waals surface area contributed by atoms with Crippen LogP contribution in [0.4, 0.5) is 5.69 Å². The number of allylic oxidation sites excluding steroid dienone is 1. The molecule has 0 saturated heterocycles. The van der Waals surface area contributed by atoms with Gasteiger partial charge in [-0.1, -0.05) is 47.6 Å². The predicted octanol–water partition coefficient (Wildman–Crippen LogP) is 4.28. The molecule has 0 radical (unpaired) electrons. The normalized spacial score (nSPS) is 10.7. The first-order valence-corrected chi connectivity index (χ1v) is 9.66. The third-order valence-corrected chi connectivity index (χ3v) is 5.40. The maximum Gasteiger partial charge on any atom is 0.262 e. The van der Waals surface area contributed by atoms with Crippen LogP contribution in [0.3, 0.4) is 0 Å². The number of anilines is 1. The van der Waals surface area contributed by atoms with Gasteiger partial charge in [-0.15, -0.1) is 6.58 Å². The van der Waals surface area contributed by atoms with Gasteiger partial charge in [-0.25, -0.2) is 4.98 Å². The summed E-state index contributed by atoms with van der Waals surface area (Å²) in [6.07, 6.45) is 1.64. The molecule has 1 heterocycles. The summed E-state index contributed by atoms with van der Waals surface area (Å²) in [5, 5.41) is 4.47. The van der Waals surface area contributed by atoms with Gasteiger partial charge in [0.2, 0.25) is 5.91 Å². The van der Waals surface area contributed by atoms with E-state index in [9.17, 15) is 9.59 Å². The second-order valence-corrected chi connectivity index (χ2v) is 7.21. The Labute approximate surface area is 166 Å². The molecule has 27 heavy (non-hydrogen) atoms. The maximum absolute atomic E-state index is 12.7. The van der Waals surface area contributed by atoms with Crippen LogP contribution >= 0.6 is 23.4 Å². The molecule has 1 N–H and O–H groups in total. The van der Waals surface area contributed by atoms with Gasteiger partial charge in [0.15, 0.2) is 5.16 Å². The molecule has 3 rings (SSSR count). The maximum atomic E-state index is 12.7. The molecule has 3 aromatic rings. The molecule has 0 fully saturated rings. The number of benzene rings is 2. The van der Waals surface area contributed by atoms with E-state index in [0.717, 1.165) is 5.56 Å². The second-order valence-electron chi connectivity index (χ2n) is 5.87. The Hall–Kier alpha value is -2.57. The molecule has 0 saturated carbocycles. The van der Waals surface area contributed by atoms with E-state index in [1.54, 1.807) is 42.5 Å². The smallest absolute Gasteiger partial charge is 0.262 e. The number of carbonyl (C=O) groups excluding carboxylic acids is 1. The fraction of sp³-hybridized carbons (Fsp3) is 0.150. The fourth-order valence-electron chi connectivity index (χ4n) is 2.61. The average molecular weight is 400 g/mol. The highest BCUT2D eigenvalue weighted by Gasteiger charge is 2.13. The Morgan fingerprint density at radius 3 is 2.85 bits per heavy atom. The number of rotatable bonds is 6. The van der Waals surface area contributed by atoms with Crippen molar-refractivity contribution in [2.45, 2.75) is 18.6 Å². The summed E-state index contributed by atoms with van der Waals surface area (Å²) in [6.45, 7) is 5.87. The van der Waals surface area contributed by atoms with Crippen LogP contribution in [0, 0.1) is 6.92 Å². The summed E-state index contributed by atoms with van der Waals surface area (Å²) in [5.74, 6) is -0.0774. The Morgan fingerprint density at radius 1 is 1.30 bits per heavy atom. The lowest BCUT2D eigenvalue weighted by Crippen LogP contribution is -2.23. The van der Waals surface area contributed by atoms with E-state index in [2.05, 4.69) is 16.9 Å². The van der Waals surface area contributed by atoms with E-state index in [1.165, 1.54) is 16.3 Å². The third kappa shape index (κ3) is 4.23. The zero-order valence-corrected chi connectivity index (χ0v) is 16.3. The average Bonchev–Trinajstić information content (AvgIpc) is 2.66. The highest BCUT2D eigenvalue weighted by molar-refractivity contribution is 7.99. The van der Waals surface area contributed by atoms with Crippen LogP contribution in [0.1, 0.15) is 5.56 Å². The topological polar surface area (TPSA) is 64.0 Å². The van der Waals surface area contributed by atoms with E-state index in [1.807, 2.05) is 13.0 Å². The van der Waals surface area contributed by atoms with Crippen molar-refractivity contribution in [1.82, 2.24) is 9.55 Å². The van der Waals surface area contributed by atoms with Gasteiger partial charge < -0.3 is 5.32 Å². The molecule has 0 aliphatic heterocycles. The van der Waals surface area contributed by atoms with Crippen molar-refractivity contribution in [2.24, 2.45) is 0 Å². The lowest BCUT2D eigenvalue weighted by Gasteiger charge is -2.12. The number of halogens is 1. The van der Waals surface area contributed by atoms with Gasteiger partial charge in [-0.3, -0.25) is 14.2 Å². The minimum absolute atomic E-state index is 0.119. The van der Waals surface area contributed by atoms with Crippen LogP contribution in [0.5, 0.6) is 0 Å². The molecule has 2 aromatic carbocycles. The molecule has 0 atom stereocenters. The van der Waals surface area contributed by atoms with Gasteiger partial charge in [0, 0.05) is 17.3 Å². The Morgan fingerprint density at radius 2 is 2.07 bits per heavy atom. The minimum Gasteiger partial charge on any atom is -0.325 e.